The summed E-state index contributed by atoms with van der Waals surface area (Å²) in [5.74, 6) is 0. The molecule has 0 amide bonds. The van der Waals surface area contributed by atoms with Crippen LogP contribution < -0.4 is 0 Å². The lowest BCUT2D eigenvalue weighted by Gasteiger charge is -2.02. The van der Waals surface area contributed by atoms with Gasteiger partial charge in [-0.15, -0.1) is 0 Å². The summed E-state index contributed by atoms with van der Waals surface area (Å²) in [4.78, 5) is 0. The molecule has 0 spiro atoms. The quantitative estimate of drug-likeness (QED) is 0.554. The molecule has 0 aliphatic heterocycles. The van der Waals surface area contributed by atoms with Gasteiger partial charge in [-0.05, 0) is 18.9 Å². The van der Waals surface area contributed by atoms with E-state index in [9.17, 15) is 0 Å². The van der Waals surface area contributed by atoms with Crippen LogP contribution in [-0.4, -0.2) is 0 Å². The van der Waals surface area contributed by atoms with Crippen LogP contribution >= 0.6 is 27.5 Å². The molecule has 0 bridgehead atoms. The summed E-state index contributed by atoms with van der Waals surface area (Å²) >= 11 is 9.06. The minimum atomic E-state index is 0.844. The maximum absolute atomic E-state index is 5.71. The van der Waals surface area contributed by atoms with Crippen LogP contribution in [0.2, 0.25) is 0 Å². The van der Waals surface area contributed by atoms with Gasteiger partial charge in [0.15, 0.2) is 0 Å². The largest absolute Gasteiger partial charge is 0.0835 e. The Morgan fingerprint density at radius 3 is 2.75 bits per heavy atom. The fraction of sp³-hybridized carbons (Fsp3) is 0.333. The summed E-state index contributed by atoms with van der Waals surface area (Å²) in [6.07, 6.45) is 6.16. The van der Waals surface area contributed by atoms with Crippen LogP contribution in [0.5, 0.6) is 0 Å². The van der Waals surface area contributed by atoms with E-state index in [1.807, 2.05) is 6.08 Å². The van der Waals surface area contributed by atoms with Crippen LogP contribution in [0, 0.1) is 0 Å². The van der Waals surface area contributed by atoms with Gasteiger partial charge in [-0.25, -0.2) is 0 Å². The topological polar surface area (TPSA) is 0 Å². The predicted octanol–water partition coefficient (Wildman–Crippen LogP) is 3.18. The fourth-order valence-corrected chi connectivity index (χ4v) is 1.15. The van der Waals surface area contributed by atoms with Crippen LogP contribution in [0.3, 0.4) is 0 Å². The normalized spacial score (nSPS) is 19.8. The van der Waals surface area contributed by atoms with Crippen molar-refractivity contribution in [2.45, 2.75) is 12.8 Å². The lowest BCUT2D eigenvalue weighted by atomic mass is 10.2. The first kappa shape index (κ1) is 6.37. The molecule has 0 N–H and O–H groups in total. The molecule has 8 heavy (non-hydrogen) atoms. The Labute approximate surface area is 62.3 Å². The molecule has 0 heterocycles. The second-order valence-corrected chi connectivity index (χ2v) is 3.06. The standard InChI is InChI=1S/C6H6BrCl/c7-5-3-1-2-4-6(5)8/h2,4H,1,3H2. The first-order valence-corrected chi connectivity index (χ1v) is 3.68. The molecule has 0 saturated heterocycles. The second-order valence-electron chi connectivity index (χ2n) is 1.69. The molecule has 0 aromatic heterocycles. The Morgan fingerprint density at radius 1 is 1.62 bits per heavy atom. The highest BCUT2D eigenvalue weighted by Crippen LogP contribution is 2.25. The zero-order valence-electron chi connectivity index (χ0n) is 4.32. The predicted molar refractivity (Wildman–Crippen MR) is 40.2 cm³/mol. The van der Waals surface area contributed by atoms with Crippen molar-refractivity contribution < 1.29 is 0 Å². The third-order valence-electron chi connectivity index (χ3n) is 1.05. The molecular weight excluding hydrogens is 187 g/mol. The van der Waals surface area contributed by atoms with Gasteiger partial charge < -0.3 is 0 Å². The van der Waals surface area contributed by atoms with Gasteiger partial charge in [-0.3, -0.25) is 0 Å². The SMILES string of the molecule is ClC1=C(Br)CCC=C1. The van der Waals surface area contributed by atoms with Crippen LogP contribution in [-0.2, 0) is 0 Å². The van der Waals surface area contributed by atoms with E-state index in [2.05, 4.69) is 22.0 Å². The van der Waals surface area contributed by atoms with Gasteiger partial charge in [0.2, 0.25) is 0 Å². The van der Waals surface area contributed by atoms with Gasteiger partial charge >= 0.3 is 0 Å². The Bertz CT molecular complexity index is 147. The van der Waals surface area contributed by atoms with E-state index < -0.39 is 0 Å². The average molecular weight is 193 g/mol. The molecule has 0 aromatic rings. The van der Waals surface area contributed by atoms with Crippen molar-refractivity contribution in [3.8, 4) is 0 Å². The van der Waals surface area contributed by atoms with E-state index >= 15 is 0 Å². The highest BCUT2D eigenvalue weighted by Gasteiger charge is 2.00. The van der Waals surface area contributed by atoms with Crippen molar-refractivity contribution in [2.75, 3.05) is 0 Å². The zero-order valence-corrected chi connectivity index (χ0v) is 6.67. The molecule has 0 aromatic carbocycles. The monoisotopic (exact) mass is 192 g/mol. The fourth-order valence-electron chi connectivity index (χ4n) is 0.607. The Morgan fingerprint density at radius 2 is 2.38 bits per heavy atom. The van der Waals surface area contributed by atoms with E-state index in [1.165, 1.54) is 0 Å². The summed E-state index contributed by atoms with van der Waals surface area (Å²) in [5, 5.41) is 0.844. The highest BCUT2D eigenvalue weighted by molar-refractivity contribution is 9.11. The maximum atomic E-state index is 5.71. The molecule has 1 rings (SSSR count). The highest BCUT2D eigenvalue weighted by atomic mass is 79.9. The van der Waals surface area contributed by atoms with Crippen molar-refractivity contribution in [1.82, 2.24) is 0 Å². The molecule has 0 nitrogen and oxygen atoms in total. The van der Waals surface area contributed by atoms with Gasteiger partial charge in [-0.1, -0.05) is 33.6 Å². The number of hydrogen-bond acceptors (Lipinski definition) is 0. The zero-order chi connectivity index (χ0) is 5.98. The van der Waals surface area contributed by atoms with Gasteiger partial charge in [0, 0.05) is 4.48 Å². The van der Waals surface area contributed by atoms with Crippen molar-refractivity contribution >= 4 is 27.5 Å². The molecule has 2 heteroatoms. The molecule has 0 atom stereocenters. The lowest BCUT2D eigenvalue weighted by Crippen LogP contribution is -1.80. The van der Waals surface area contributed by atoms with E-state index in [0.717, 1.165) is 22.4 Å². The van der Waals surface area contributed by atoms with E-state index in [4.69, 9.17) is 11.6 Å². The lowest BCUT2D eigenvalue weighted by molar-refractivity contribution is 1.02. The second kappa shape index (κ2) is 2.70. The third kappa shape index (κ3) is 1.36. The molecule has 1 aliphatic rings. The molecule has 0 unspecified atom stereocenters. The summed E-state index contributed by atoms with van der Waals surface area (Å²) < 4.78 is 1.13. The molecule has 1 aliphatic carbocycles. The summed E-state index contributed by atoms with van der Waals surface area (Å²) in [6.45, 7) is 0. The number of allylic oxidation sites excluding steroid dienone is 4. The molecular formula is C6H6BrCl. The summed E-state index contributed by atoms with van der Waals surface area (Å²) in [5.41, 5.74) is 0. The Hall–Kier alpha value is 0.250. The molecule has 0 radical (unpaired) electrons. The molecule has 0 fully saturated rings. The van der Waals surface area contributed by atoms with E-state index in [0.29, 0.717) is 0 Å². The van der Waals surface area contributed by atoms with E-state index in [1.54, 1.807) is 0 Å². The van der Waals surface area contributed by atoms with Gasteiger partial charge in [0.1, 0.15) is 0 Å². The summed E-state index contributed by atoms with van der Waals surface area (Å²) in [7, 11) is 0. The molecule has 44 valence electrons. The smallest absolute Gasteiger partial charge is 0.0504 e. The first-order valence-electron chi connectivity index (χ1n) is 2.51. The van der Waals surface area contributed by atoms with Crippen molar-refractivity contribution in [2.24, 2.45) is 0 Å². The summed E-state index contributed by atoms with van der Waals surface area (Å²) in [6, 6.07) is 0. The minimum absolute atomic E-state index is 0.844. The van der Waals surface area contributed by atoms with Crippen molar-refractivity contribution in [3.63, 3.8) is 0 Å². The average Bonchev–Trinajstić information content (AvgIpc) is 1.77. The maximum Gasteiger partial charge on any atom is 0.0504 e. The molecule has 0 saturated carbocycles. The van der Waals surface area contributed by atoms with Crippen LogP contribution in [0.15, 0.2) is 21.7 Å². The van der Waals surface area contributed by atoms with Crippen LogP contribution in [0.1, 0.15) is 12.8 Å². The van der Waals surface area contributed by atoms with Gasteiger partial charge in [0.05, 0.1) is 5.03 Å². The van der Waals surface area contributed by atoms with Crippen molar-refractivity contribution in [1.29, 1.82) is 0 Å². The van der Waals surface area contributed by atoms with Crippen molar-refractivity contribution in [3.05, 3.63) is 21.7 Å². The van der Waals surface area contributed by atoms with Crippen LogP contribution in [0.25, 0.3) is 0 Å². The minimum Gasteiger partial charge on any atom is -0.0835 e. The first-order chi connectivity index (χ1) is 3.80. The third-order valence-corrected chi connectivity index (χ3v) is 2.46. The Balaban J connectivity index is 2.76. The van der Waals surface area contributed by atoms with E-state index in [-0.39, 0.29) is 0 Å². The van der Waals surface area contributed by atoms with Gasteiger partial charge in [0.25, 0.3) is 0 Å². The number of rotatable bonds is 0. The van der Waals surface area contributed by atoms with Gasteiger partial charge in [-0.2, -0.15) is 0 Å². The van der Waals surface area contributed by atoms with Crippen LogP contribution in [0.4, 0.5) is 0 Å². The number of hydrogen-bond donors (Lipinski definition) is 0. The number of halogens is 2. The Kier molecular flexibility index (Phi) is 2.15.